The molecule has 0 amide bonds. The maximum Gasteiger partial charge on any atom is 0.454 e. The highest BCUT2D eigenvalue weighted by Gasteiger charge is 2.39. The van der Waals surface area contributed by atoms with Crippen molar-refractivity contribution in [2.45, 2.75) is 24.8 Å². The molecule has 4 nitrogen and oxygen atoms in total. The van der Waals surface area contributed by atoms with Gasteiger partial charge in [-0.15, -0.1) is 0 Å². The number of aliphatic hydroxyl groups is 3. The molecule has 2 atom stereocenters. The largest absolute Gasteiger partial charge is 0.454 e. The van der Waals surface area contributed by atoms with Crippen LogP contribution in [0.5, 0.6) is 0 Å². The Hall–Kier alpha value is -1.44. The third-order valence-corrected chi connectivity index (χ3v) is 2.56. The first-order valence-corrected chi connectivity index (χ1v) is 5.46. The van der Waals surface area contributed by atoms with Crippen molar-refractivity contribution in [2.24, 2.45) is 0 Å². The van der Waals surface area contributed by atoms with Crippen LogP contribution >= 0.6 is 0 Å². The number of hydrogen-bond acceptors (Lipinski definition) is 4. The van der Waals surface area contributed by atoms with Crippen LogP contribution < -0.4 is 0 Å². The Morgan fingerprint density at radius 3 is 2.11 bits per heavy atom. The van der Waals surface area contributed by atoms with Crippen LogP contribution in [0.25, 0.3) is 0 Å². The SMILES string of the molecule is O=C(c1ccc(C(O)C(O)CCO)cc1)C(F)(F)F. The lowest BCUT2D eigenvalue weighted by Crippen LogP contribution is -2.23. The van der Waals surface area contributed by atoms with Gasteiger partial charge in [0.2, 0.25) is 0 Å². The molecule has 106 valence electrons. The first-order valence-electron chi connectivity index (χ1n) is 5.46. The van der Waals surface area contributed by atoms with E-state index in [-0.39, 0.29) is 18.6 Å². The minimum atomic E-state index is -4.95. The van der Waals surface area contributed by atoms with Gasteiger partial charge in [-0.25, -0.2) is 0 Å². The van der Waals surface area contributed by atoms with Crippen LogP contribution in [0.4, 0.5) is 13.2 Å². The molecule has 0 aliphatic carbocycles. The Morgan fingerprint density at radius 2 is 1.68 bits per heavy atom. The second-order valence-corrected chi connectivity index (χ2v) is 3.97. The van der Waals surface area contributed by atoms with Crippen LogP contribution in [-0.4, -0.2) is 40.0 Å². The Labute approximate surface area is 107 Å². The summed E-state index contributed by atoms with van der Waals surface area (Å²) in [5.74, 6) is -1.97. The lowest BCUT2D eigenvalue weighted by molar-refractivity contribution is -0.0885. The van der Waals surface area contributed by atoms with Crippen molar-refractivity contribution >= 4 is 5.78 Å². The standard InChI is InChI=1S/C12H13F3O4/c13-12(14,15)11(19)8-3-1-7(2-4-8)10(18)9(17)5-6-16/h1-4,9-10,16-18H,5-6H2. The number of hydrogen-bond donors (Lipinski definition) is 3. The number of alkyl halides is 3. The first kappa shape index (κ1) is 15.6. The molecule has 19 heavy (non-hydrogen) atoms. The average molecular weight is 278 g/mol. The second-order valence-electron chi connectivity index (χ2n) is 3.97. The normalized spacial score (nSPS) is 15.1. The summed E-state index contributed by atoms with van der Waals surface area (Å²) in [6.45, 7) is -0.330. The third-order valence-electron chi connectivity index (χ3n) is 2.56. The first-order chi connectivity index (χ1) is 8.77. The molecular formula is C12H13F3O4. The van der Waals surface area contributed by atoms with Crippen molar-refractivity contribution in [3.63, 3.8) is 0 Å². The third kappa shape index (κ3) is 4.02. The maximum absolute atomic E-state index is 12.2. The van der Waals surface area contributed by atoms with Crippen LogP contribution in [0.1, 0.15) is 28.4 Å². The van der Waals surface area contributed by atoms with E-state index in [2.05, 4.69) is 0 Å². The van der Waals surface area contributed by atoms with Gasteiger partial charge in [-0.2, -0.15) is 13.2 Å². The van der Waals surface area contributed by atoms with Gasteiger partial charge in [0.1, 0.15) is 6.10 Å². The van der Waals surface area contributed by atoms with Crippen LogP contribution in [0.15, 0.2) is 24.3 Å². The zero-order valence-electron chi connectivity index (χ0n) is 9.76. The minimum absolute atomic E-state index is 0.0651. The molecule has 0 saturated heterocycles. The summed E-state index contributed by atoms with van der Waals surface area (Å²) in [4.78, 5) is 10.9. The van der Waals surface area contributed by atoms with Gasteiger partial charge >= 0.3 is 6.18 Å². The van der Waals surface area contributed by atoms with E-state index in [1.165, 1.54) is 0 Å². The molecule has 0 bridgehead atoms. The summed E-state index contributed by atoms with van der Waals surface area (Å²) in [6, 6.07) is 4.12. The number of Topliss-reactive ketones (excluding diaryl/α,β-unsaturated/α-hetero) is 1. The number of ketones is 1. The van der Waals surface area contributed by atoms with Gasteiger partial charge in [-0.3, -0.25) is 4.79 Å². The van der Waals surface area contributed by atoms with Crippen molar-refractivity contribution in [3.05, 3.63) is 35.4 Å². The molecule has 2 unspecified atom stereocenters. The van der Waals surface area contributed by atoms with E-state index in [4.69, 9.17) is 5.11 Å². The highest BCUT2D eigenvalue weighted by Crippen LogP contribution is 2.24. The molecule has 0 spiro atoms. The van der Waals surface area contributed by atoms with E-state index < -0.39 is 29.7 Å². The van der Waals surface area contributed by atoms with Gasteiger partial charge in [0.15, 0.2) is 0 Å². The summed E-state index contributed by atoms with van der Waals surface area (Å²) < 4.78 is 36.5. The van der Waals surface area contributed by atoms with E-state index >= 15 is 0 Å². The van der Waals surface area contributed by atoms with Gasteiger partial charge in [-0.1, -0.05) is 24.3 Å². The van der Waals surface area contributed by atoms with Gasteiger partial charge in [-0.05, 0) is 12.0 Å². The quantitative estimate of drug-likeness (QED) is 0.707. The van der Waals surface area contributed by atoms with Gasteiger partial charge in [0.25, 0.3) is 5.78 Å². The highest BCUT2D eigenvalue weighted by atomic mass is 19.4. The fourth-order valence-corrected chi connectivity index (χ4v) is 1.51. The molecule has 0 aliphatic rings. The molecule has 0 fully saturated rings. The summed E-state index contributed by atoms with van der Waals surface area (Å²) in [7, 11) is 0. The molecule has 0 heterocycles. The second kappa shape index (κ2) is 6.14. The molecule has 1 aromatic carbocycles. The Balaban J connectivity index is 2.85. The van der Waals surface area contributed by atoms with Crippen LogP contribution in [0, 0.1) is 0 Å². The Morgan fingerprint density at radius 1 is 1.16 bits per heavy atom. The summed E-state index contributed by atoms with van der Waals surface area (Å²) in [5, 5.41) is 27.7. The molecule has 1 rings (SSSR count). The monoisotopic (exact) mass is 278 g/mol. The van der Waals surface area contributed by atoms with Crippen molar-refractivity contribution in [1.29, 1.82) is 0 Å². The molecule has 0 saturated carbocycles. The van der Waals surface area contributed by atoms with Crippen LogP contribution in [0.3, 0.4) is 0 Å². The van der Waals surface area contributed by atoms with E-state index in [0.29, 0.717) is 0 Å². The van der Waals surface area contributed by atoms with Crippen molar-refractivity contribution < 1.29 is 33.3 Å². The van der Waals surface area contributed by atoms with Crippen LogP contribution in [-0.2, 0) is 0 Å². The fraction of sp³-hybridized carbons (Fsp3) is 0.417. The number of carbonyl (C=O) groups excluding carboxylic acids is 1. The summed E-state index contributed by atoms with van der Waals surface area (Å²) in [5.41, 5.74) is -0.375. The number of halogens is 3. The van der Waals surface area contributed by atoms with Crippen molar-refractivity contribution in [3.8, 4) is 0 Å². The van der Waals surface area contributed by atoms with E-state index in [1.807, 2.05) is 0 Å². The van der Waals surface area contributed by atoms with E-state index in [9.17, 15) is 28.2 Å². The predicted octanol–water partition coefficient (Wildman–Crippen LogP) is 1.21. The molecule has 7 heteroatoms. The van der Waals surface area contributed by atoms with Gasteiger partial charge < -0.3 is 15.3 Å². The summed E-state index contributed by atoms with van der Waals surface area (Å²) in [6.07, 6.45) is -7.57. The molecule has 3 N–H and O–H groups in total. The molecule has 0 aliphatic heterocycles. The number of benzene rings is 1. The van der Waals surface area contributed by atoms with E-state index in [1.54, 1.807) is 0 Å². The number of aliphatic hydroxyl groups excluding tert-OH is 3. The molecule has 0 aromatic heterocycles. The number of carbonyl (C=O) groups is 1. The zero-order chi connectivity index (χ0) is 14.6. The molecule has 0 radical (unpaired) electrons. The predicted molar refractivity (Wildman–Crippen MR) is 59.5 cm³/mol. The van der Waals surface area contributed by atoms with E-state index in [0.717, 1.165) is 24.3 Å². The average Bonchev–Trinajstić information content (AvgIpc) is 2.36. The molecular weight excluding hydrogens is 265 g/mol. The van der Waals surface area contributed by atoms with Gasteiger partial charge in [0.05, 0.1) is 6.10 Å². The van der Waals surface area contributed by atoms with Crippen LogP contribution in [0.2, 0.25) is 0 Å². The lowest BCUT2D eigenvalue weighted by atomic mass is 10.00. The smallest absolute Gasteiger partial charge is 0.396 e. The number of rotatable bonds is 5. The fourth-order valence-electron chi connectivity index (χ4n) is 1.51. The summed E-state index contributed by atoms with van der Waals surface area (Å²) >= 11 is 0. The minimum Gasteiger partial charge on any atom is -0.396 e. The Bertz CT molecular complexity index is 428. The Kier molecular flexibility index (Phi) is 5.04. The maximum atomic E-state index is 12.2. The highest BCUT2D eigenvalue weighted by molar-refractivity contribution is 6.00. The van der Waals surface area contributed by atoms with Crippen molar-refractivity contribution in [2.75, 3.05) is 6.61 Å². The topological polar surface area (TPSA) is 77.8 Å². The zero-order valence-corrected chi connectivity index (χ0v) is 9.76. The molecule has 1 aromatic rings. The van der Waals surface area contributed by atoms with Crippen molar-refractivity contribution in [1.82, 2.24) is 0 Å². The lowest BCUT2D eigenvalue weighted by Gasteiger charge is -2.17. The van der Waals surface area contributed by atoms with Gasteiger partial charge in [0, 0.05) is 12.2 Å².